The summed E-state index contributed by atoms with van der Waals surface area (Å²) in [5.74, 6) is 1.46. The van der Waals surface area contributed by atoms with Crippen LogP contribution in [0.5, 0.6) is 5.75 Å². The minimum atomic E-state index is 0.0904. The smallest absolute Gasteiger partial charge is 0.224 e. The molecule has 5 heteroatoms. The molecule has 1 amide bonds. The van der Waals surface area contributed by atoms with Crippen LogP contribution < -0.4 is 15.0 Å². The molecule has 4 rings (SSSR count). The van der Waals surface area contributed by atoms with E-state index >= 15 is 0 Å². The Morgan fingerprint density at radius 2 is 1.79 bits per heavy atom. The quantitative estimate of drug-likeness (QED) is 0.835. The zero-order valence-electron chi connectivity index (χ0n) is 16.6. The van der Waals surface area contributed by atoms with Gasteiger partial charge in [0, 0.05) is 62.0 Å². The van der Waals surface area contributed by atoms with Crippen LogP contribution in [0.3, 0.4) is 0 Å². The highest BCUT2D eigenvalue weighted by molar-refractivity contribution is 5.94. The predicted octanol–water partition coefficient (Wildman–Crippen LogP) is 3.41. The SMILES string of the molecule is CC(COc1cccc2c1CCC(=O)N2)CN1CCN(c2ccccc2)CC1. The molecule has 0 aromatic heterocycles. The number of hydrogen-bond acceptors (Lipinski definition) is 4. The normalized spacial score (nSPS) is 18.3. The Morgan fingerprint density at radius 1 is 1.00 bits per heavy atom. The number of piperazine rings is 1. The summed E-state index contributed by atoms with van der Waals surface area (Å²) in [6, 6.07) is 16.6. The monoisotopic (exact) mass is 379 g/mol. The van der Waals surface area contributed by atoms with Gasteiger partial charge in [0.25, 0.3) is 0 Å². The molecule has 0 saturated carbocycles. The van der Waals surface area contributed by atoms with E-state index in [1.165, 1.54) is 5.69 Å². The fourth-order valence-corrected chi connectivity index (χ4v) is 4.08. The number of nitrogens with zero attached hydrogens (tertiary/aromatic N) is 2. The van der Waals surface area contributed by atoms with E-state index in [0.29, 0.717) is 18.9 Å². The largest absolute Gasteiger partial charge is 0.493 e. The summed E-state index contributed by atoms with van der Waals surface area (Å²) in [6.07, 6.45) is 1.29. The van der Waals surface area contributed by atoms with E-state index < -0.39 is 0 Å². The lowest BCUT2D eigenvalue weighted by Crippen LogP contribution is -2.48. The Bertz CT molecular complexity index is 801. The van der Waals surface area contributed by atoms with Gasteiger partial charge in [0.15, 0.2) is 0 Å². The van der Waals surface area contributed by atoms with E-state index in [0.717, 1.165) is 56.1 Å². The number of rotatable bonds is 6. The first-order chi connectivity index (χ1) is 13.7. The number of anilines is 2. The van der Waals surface area contributed by atoms with Gasteiger partial charge in [-0.3, -0.25) is 9.69 Å². The molecule has 5 nitrogen and oxygen atoms in total. The number of carbonyl (C=O) groups is 1. The fourth-order valence-electron chi connectivity index (χ4n) is 4.08. The van der Waals surface area contributed by atoms with Gasteiger partial charge in [-0.1, -0.05) is 31.2 Å². The first-order valence-electron chi connectivity index (χ1n) is 10.3. The number of ether oxygens (including phenoxy) is 1. The minimum absolute atomic E-state index is 0.0904. The standard InChI is InChI=1S/C23H29N3O2/c1-18(16-25-12-14-26(15-13-25)19-6-3-2-4-7-19)17-28-22-9-5-8-21-20(22)10-11-23(27)24-21/h2-9,18H,10-17H2,1H3,(H,24,27). The van der Waals surface area contributed by atoms with Crippen molar-refractivity contribution in [3.63, 3.8) is 0 Å². The van der Waals surface area contributed by atoms with Crippen molar-refractivity contribution in [2.75, 3.05) is 49.5 Å². The second-order valence-corrected chi connectivity index (χ2v) is 7.87. The molecule has 148 valence electrons. The molecule has 1 N–H and O–H groups in total. The number of carbonyl (C=O) groups excluding carboxylic acids is 1. The van der Waals surface area contributed by atoms with Crippen molar-refractivity contribution in [1.82, 2.24) is 4.90 Å². The Hall–Kier alpha value is -2.53. The van der Waals surface area contributed by atoms with Gasteiger partial charge in [0.2, 0.25) is 5.91 Å². The molecule has 0 radical (unpaired) electrons. The van der Waals surface area contributed by atoms with Crippen molar-refractivity contribution in [2.45, 2.75) is 19.8 Å². The zero-order valence-corrected chi connectivity index (χ0v) is 16.6. The Kier molecular flexibility index (Phi) is 5.81. The molecule has 0 spiro atoms. The fraction of sp³-hybridized carbons (Fsp3) is 0.435. The molecule has 2 aromatic carbocycles. The molecule has 1 unspecified atom stereocenters. The van der Waals surface area contributed by atoms with Crippen molar-refractivity contribution >= 4 is 17.3 Å². The topological polar surface area (TPSA) is 44.8 Å². The number of hydrogen-bond donors (Lipinski definition) is 1. The van der Waals surface area contributed by atoms with E-state index in [4.69, 9.17) is 4.74 Å². The van der Waals surface area contributed by atoms with Gasteiger partial charge in [-0.05, 0) is 30.7 Å². The Morgan fingerprint density at radius 3 is 2.57 bits per heavy atom. The van der Waals surface area contributed by atoms with E-state index in [2.05, 4.69) is 52.4 Å². The molecule has 2 heterocycles. The molecular weight excluding hydrogens is 350 g/mol. The van der Waals surface area contributed by atoms with Gasteiger partial charge in [-0.25, -0.2) is 0 Å². The molecular formula is C23H29N3O2. The van der Waals surface area contributed by atoms with Crippen LogP contribution in [0.1, 0.15) is 18.9 Å². The average molecular weight is 380 g/mol. The maximum absolute atomic E-state index is 11.6. The summed E-state index contributed by atoms with van der Waals surface area (Å²) in [5.41, 5.74) is 3.35. The second-order valence-electron chi connectivity index (χ2n) is 7.87. The molecule has 0 aliphatic carbocycles. The van der Waals surface area contributed by atoms with Gasteiger partial charge in [-0.2, -0.15) is 0 Å². The van der Waals surface area contributed by atoms with Crippen molar-refractivity contribution in [1.29, 1.82) is 0 Å². The zero-order chi connectivity index (χ0) is 19.3. The Balaban J connectivity index is 1.25. The average Bonchev–Trinajstić information content (AvgIpc) is 2.73. The Labute approximate surface area is 167 Å². The molecule has 2 aliphatic rings. The molecule has 1 fully saturated rings. The summed E-state index contributed by atoms with van der Waals surface area (Å²) in [5, 5.41) is 2.94. The first kappa shape index (κ1) is 18.8. The van der Waals surface area contributed by atoms with E-state index in [-0.39, 0.29) is 5.91 Å². The summed E-state index contributed by atoms with van der Waals surface area (Å²) < 4.78 is 6.15. The lowest BCUT2D eigenvalue weighted by Gasteiger charge is -2.37. The summed E-state index contributed by atoms with van der Waals surface area (Å²) in [7, 11) is 0. The first-order valence-corrected chi connectivity index (χ1v) is 10.3. The highest BCUT2D eigenvalue weighted by atomic mass is 16.5. The third-order valence-electron chi connectivity index (χ3n) is 5.60. The maximum Gasteiger partial charge on any atom is 0.224 e. The van der Waals surface area contributed by atoms with Gasteiger partial charge < -0.3 is 15.0 Å². The van der Waals surface area contributed by atoms with Crippen molar-refractivity contribution in [2.24, 2.45) is 5.92 Å². The van der Waals surface area contributed by atoms with Crippen molar-refractivity contribution < 1.29 is 9.53 Å². The predicted molar refractivity (Wildman–Crippen MR) is 113 cm³/mol. The van der Waals surface area contributed by atoms with Crippen LogP contribution in [0.2, 0.25) is 0 Å². The number of fused-ring (bicyclic) bond motifs is 1. The number of nitrogens with one attached hydrogen (secondary N) is 1. The molecule has 0 bridgehead atoms. The lowest BCUT2D eigenvalue weighted by atomic mass is 10.0. The van der Waals surface area contributed by atoms with Gasteiger partial charge in [0.1, 0.15) is 5.75 Å². The third-order valence-corrected chi connectivity index (χ3v) is 5.60. The number of benzene rings is 2. The summed E-state index contributed by atoms with van der Waals surface area (Å²) in [4.78, 5) is 16.6. The number of para-hydroxylation sites is 1. The summed E-state index contributed by atoms with van der Waals surface area (Å²) in [6.45, 7) is 8.32. The molecule has 2 aliphatic heterocycles. The molecule has 2 aromatic rings. The molecule has 28 heavy (non-hydrogen) atoms. The van der Waals surface area contributed by atoms with Gasteiger partial charge in [-0.15, -0.1) is 0 Å². The van der Waals surface area contributed by atoms with Crippen LogP contribution in [-0.2, 0) is 11.2 Å². The molecule has 1 atom stereocenters. The highest BCUT2D eigenvalue weighted by Gasteiger charge is 2.21. The van der Waals surface area contributed by atoms with E-state index in [9.17, 15) is 4.79 Å². The third kappa shape index (κ3) is 4.47. The van der Waals surface area contributed by atoms with Crippen LogP contribution >= 0.6 is 0 Å². The van der Waals surface area contributed by atoms with Crippen LogP contribution in [0.25, 0.3) is 0 Å². The van der Waals surface area contributed by atoms with Gasteiger partial charge >= 0.3 is 0 Å². The van der Waals surface area contributed by atoms with Crippen LogP contribution in [0.4, 0.5) is 11.4 Å². The van der Waals surface area contributed by atoms with Crippen LogP contribution in [-0.4, -0.2) is 50.1 Å². The minimum Gasteiger partial charge on any atom is -0.493 e. The summed E-state index contributed by atoms with van der Waals surface area (Å²) >= 11 is 0. The van der Waals surface area contributed by atoms with Gasteiger partial charge in [0.05, 0.1) is 6.61 Å². The number of amides is 1. The second kappa shape index (κ2) is 8.65. The van der Waals surface area contributed by atoms with Crippen LogP contribution in [0, 0.1) is 5.92 Å². The van der Waals surface area contributed by atoms with Crippen molar-refractivity contribution in [3.8, 4) is 5.75 Å². The van der Waals surface area contributed by atoms with E-state index in [1.54, 1.807) is 0 Å². The lowest BCUT2D eigenvalue weighted by molar-refractivity contribution is -0.116. The van der Waals surface area contributed by atoms with Crippen molar-refractivity contribution in [3.05, 3.63) is 54.1 Å². The van der Waals surface area contributed by atoms with E-state index in [1.807, 2.05) is 18.2 Å². The maximum atomic E-state index is 11.6. The molecule has 1 saturated heterocycles. The van der Waals surface area contributed by atoms with Crippen LogP contribution in [0.15, 0.2) is 48.5 Å². The highest BCUT2D eigenvalue weighted by Crippen LogP contribution is 2.31.